The van der Waals surface area contributed by atoms with E-state index < -0.39 is 0 Å². The van der Waals surface area contributed by atoms with Gasteiger partial charge in [0.2, 0.25) is 5.91 Å². The van der Waals surface area contributed by atoms with E-state index in [1.54, 1.807) is 24.3 Å². The zero-order chi connectivity index (χ0) is 18.0. The fraction of sp³-hybridized carbons (Fsp3) is 0.316. The highest BCUT2D eigenvalue weighted by molar-refractivity contribution is 6.30. The van der Waals surface area contributed by atoms with Gasteiger partial charge in [-0.3, -0.25) is 4.79 Å². The molecule has 1 amide bonds. The van der Waals surface area contributed by atoms with Gasteiger partial charge in [-0.1, -0.05) is 18.5 Å². The molecule has 2 unspecified atom stereocenters. The summed E-state index contributed by atoms with van der Waals surface area (Å²) in [5.74, 6) is 0.645. The molecule has 0 spiro atoms. The average molecular weight is 360 g/mol. The maximum atomic E-state index is 12.7. The van der Waals surface area contributed by atoms with Gasteiger partial charge in [0.25, 0.3) is 0 Å². The van der Waals surface area contributed by atoms with Crippen LogP contribution in [-0.4, -0.2) is 24.6 Å². The molecule has 5 nitrogen and oxygen atoms in total. The Hall–Kier alpha value is -2.40. The lowest BCUT2D eigenvalue weighted by atomic mass is 10.1. The molecule has 6 heteroatoms. The van der Waals surface area contributed by atoms with Crippen molar-refractivity contribution >= 4 is 34.6 Å². The molecule has 0 bridgehead atoms. The van der Waals surface area contributed by atoms with E-state index in [4.69, 9.17) is 22.1 Å². The number of amides is 1. The number of nitrogens with one attached hydrogen (secondary N) is 1. The number of halogens is 1. The van der Waals surface area contributed by atoms with Crippen molar-refractivity contribution in [2.45, 2.75) is 32.4 Å². The molecule has 25 heavy (non-hydrogen) atoms. The number of nitrogens with zero attached hydrogens (tertiary/aromatic N) is 1. The summed E-state index contributed by atoms with van der Waals surface area (Å²) in [4.78, 5) is 14.8. The Labute approximate surface area is 152 Å². The molecule has 3 N–H and O–H groups in total. The van der Waals surface area contributed by atoms with Crippen molar-refractivity contribution in [3.8, 4) is 5.75 Å². The Kier molecular flexibility index (Phi) is 5.04. The molecule has 2 aromatic carbocycles. The van der Waals surface area contributed by atoms with Gasteiger partial charge in [-0.25, -0.2) is 0 Å². The van der Waals surface area contributed by atoms with E-state index in [1.165, 1.54) is 0 Å². The summed E-state index contributed by atoms with van der Waals surface area (Å²) in [7, 11) is 0. The molecule has 2 atom stereocenters. The largest absolute Gasteiger partial charge is 0.486 e. The Morgan fingerprint density at radius 3 is 2.76 bits per heavy atom. The van der Waals surface area contributed by atoms with Crippen molar-refractivity contribution in [3.63, 3.8) is 0 Å². The lowest BCUT2D eigenvalue weighted by Crippen LogP contribution is -2.49. The minimum atomic E-state index is -0.351. The minimum absolute atomic E-state index is 0.0279. The lowest BCUT2D eigenvalue weighted by Gasteiger charge is -2.39. The molecule has 0 fully saturated rings. The normalized spacial score (nSPS) is 17.4. The van der Waals surface area contributed by atoms with Crippen molar-refractivity contribution in [3.05, 3.63) is 47.5 Å². The Bertz CT molecular complexity index is 764. The average Bonchev–Trinajstić information content (AvgIpc) is 2.61. The summed E-state index contributed by atoms with van der Waals surface area (Å²) in [6.07, 6.45) is 0.885. The zero-order valence-electron chi connectivity index (χ0n) is 14.3. The van der Waals surface area contributed by atoms with E-state index in [0.29, 0.717) is 17.3 Å². The summed E-state index contributed by atoms with van der Waals surface area (Å²) in [5.41, 5.74) is 8.13. The second kappa shape index (κ2) is 7.23. The van der Waals surface area contributed by atoms with E-state index in [1.807, 2.05) is 25.1 Å². The summed E-state index contributed by atoms with van der Waals surface area (Å²) in [5, 5.41) is 3.57. The first-order chi connectivity index (χ1) is 12.0. The second-order valence-corrected chi connectivity index (χ2v) is 6.64. The number of anilines is 3. The van der Waals surface area contributed by atoms with Crippen LogP contribution >= 0.6 is 11.6 Å². The summed E-state index contributed by atoms with van der Waals surface area (Å²) in [6, 6.07) is 12.3. The number of fused-ring (bicyclic) bond motifs is 1. The van der Waals surface area contributed by atoms with Gasteiger partial charge in [0.1, 0.15) is 17.9 Å². The van der Waals surface area contributed by atoms with Crippen LogP contribution in [0.1, 0.15) is 20.3 Å². The molecule has 0 radical (unpaired) electrons. The molecule has 1 heterocycles. The summed E-state index contributed by atoms with van der Waals surface area (Å²) in [6.45, 7) is 4.62. The molecule has 3 rings (SSSR count). The SMILES string of the molecule is CCC1CN(C(C)C(=O)Nc2ccc(Cl)cc2)c2ccc(N)cc2O1. The number of hydrogen-bond acceptors (Lipinski definition) is 4. The van der Waals surface area contributed by atoms with Gasteiger partial charge in [0.05, 0.1) is 12.2 Å². The third kappa shape index (κ3) is 3.82. The predicted molar refractivity (Wildman–Crippen MR) is 102 cm³/mol. The monoisotopic (exact) mass is 359 g/mol. The third-order valence-electron chi connectivity index (χ3n) is 4.40. The smallest absolute Gasteiger partial charge is 0.246 e. The highest BCUT2D eigenvalue weighted by atomic mass is 35.5. The molecule has 0 aromatic heterocycles. The number of hydrogen-bond donors (Lipinski definition) is 2. The summed E-state index contributed by atoms with van der Waals surface area (Å²) >= 11 is 5.89. The van der Waals surface area contributed by atoms with Gasteiger partial charge in [-0.2, -0.15) is 0 Å². The second-order valence-electron chi connectivity index (χ2n) is 6.20. The molecule has 1 aliphatic heterocycles. The maximum absolute atomic E-state index is 12.7. The Morgan fingerprint density at radius 1 is 1.36 bits per heavy atom. The Balaban J connectivity index is 1.81. The maximum Gasteiger partial charge on any atom is 0.246 e. The minimum Gasteiger partial charge on any atom is -0.486 e. The quantitative estimate of drug-likeness (QED) is 0.812. The van der Waals surface area contributed by atoms with Crippen LogP contribution in [0, 0.1) is 0 Å². The van der Waals surface area contributed by atoms with Gasteiger partial charge in [-0.05, 0) is 49.7 Å². The van der Waals surface area contributed by atoms with E-state index in [2.05, 4.69) is 17.1 Å². The molecule has 132 valence electrons. The number of benzene rings is 2. The first kappa shape index (κ1) is 17.4. The third-order valence-corrected chi connectivity index (χ3v) is 4.65. The molecule has 0 aliphatic carbocycles. The van der Waals surface area contributed by atoms with Gasteiger partial charge in [0, 0.05) is 22.5 Å². The number of rotatable bonds is 4. The fourth-order valence-corrected chi connectivity index (χ4v) is 3.02. The molecule has 1 aliphatic rings. The van der Waals surface area contributed by atoms with Crippen LogP contribution in [0.3, 0.4) is 0 Å². The van der Waals surface area contributed by atoms with Crippen molar-refractivity contribution in [2.24, 2.45) is 0 Å². The number of carbonyl (C=O) groups excluding carboxylic acids is 1. The van der Waals surface area contributed by atoms with E-state index >= 15 is 0 Å². The molecule has 2 aromatic rings. The highest BCUT2D eigenvalue weighted by Crippen LogP contribution is 2.37. The van der Waals surface area contributed by atoms with Crippen LogP contribution in [0.4, 0.5) is 17.1 Å². The first-order valence-corrected chi connectivity index (χ1v) is 8.75. The van der Waals surface area contributed by atoms with Crippen LogP contribution in [0.25, 0.3) is 0 Å². The van der Waals surface area contributed by atoms with Gasteiger partial charge >= 0.3 is 0 Å². The number of nitrogens with two attached hydrogens (primary N) is 1. The van der Waals surface area contributed by atoms with Crippen LogP contribution in [0.15, 0.2) is 42.5 Å². The number of ether oxygens (including phenoxy) is 1. The standard InChI is InChI=1S/C19H22ClN3O2/c1-3-16-11-23(17-9-6-14(21)10-18(17)25-16)12(2)19(24)22-15-7-4-13(20)5-8-15/h4-10,12,16H,3,11,21H2,1-2H3,(H,22,24). The van der Waals surface area contributed by atoms with Crippen molar-refractivity contribution in [1.29, 1.82) is 0 Å². The fourth-order valence-electron chi connectivity index (χ4n) is 2.90. The zero-order valence-corrected chi connectivity index (χ0v) is 15.1. The van der Waals surface area contributed by atoms with Crippen molar-refractivity contribution < 1.29 is 9.53 Å². The summed E-state index contributed by atoms with van der Waals surface area (Å²) < 4.78 is 5.99. The molecular formula is C19H22ClN3O2. The number of nitrogen functional groups attached to an aromatic ring is 1. The van der Waals surface area contributed by atoms with E-state index in [-0.39, 0.29) is 18.1 Å². The van der Waals surface area contributed by atoms with Crippen LogP contribution in [-0.2, 0) is 4.79 Å². The van der Waals surface area contributed by atoms with Crippen LogP contribution in [0.2, 0.25) is 5.02 Å². The predicted octanol–water partition coefficient (Wildman–Crippen LogP) is 3.93. The van der Waals surface area contributed by atoms with Crippen molar-refractivity contribution in [2.75, 3.05) is 22.5 Å². The van der Waals surface area contributed by atoms with E-state index in [0.717, 1.165) is 23.5 Å². The van der Waals surface area contributed by atoms with Crippen molar-refractivity contribution in [1.82, 2.24) is 0 Å². The number of carbonyl (C=O) groups is 1. The molecular weight excluding hydrogens is 338 g/mol. The topological polar surface area (TPSA) is 67.6 Å². The molecule has 0 saturated heterocycles. The van der Waals surface area contributed by atoms with Gasteiger partial charge in [0.15, 0.2) is 0 Å². The Morgan fingerprint density at radius 2 is 2.08 bits per heavy atom. The van der Waals surface area contributed by atoms with Crippen LogP contribution in [0.5, 0.6) is 5.75 Å². The highest BCUT2D eigenvalue weighted by Gasteiger charge is 2.31. The van der Waals surface area contributed by atoms with Crippen LogP contribution < -0.4 is 20.7 Å². The van der Waals surface area contributed by atoms with E-state index in [9.17, 15) is 4.79 Å². The van der Waals surface area contributed by atoms with Gasteiger partial charge in [-0.15, -0.1) is 0 Å². The van der Waals surface area contributed by atoms with Gasteiger partial charge < -0.3 is 20.7 Å². The lowest BCUT2D eigenvalue weighted by molar-refractivity contribution is -0.117. The first-order valence-electron chi connectivity index (χ1n) is 8.37. The molecule has 0 saturated carbocycles.